The maximum absolute atomic E-state index is 12.2. The SMILES string of the molecule is O.O.O=C(Nc1nnc(-c2ccc(O)c(O)c2)s1)C1CCCCC1. The molecule has 1 amide bonds. The zero-order valence-corrected chi connectivity index (χ0v) is 13.8. The van der Waals surface area contributed by atoms with Crippen LogP contribution in [-0.4, -0.2) is 37.3 Å². The molecule has 9 heteroatoms. The molecule has 24 heavy (non-hydrogen) atoms. The first-order valence-electron chi connectivity index (χ1n) is 7.30. The van der Waals surface area contributed by atoms with Gasteiger partial charge in [0.1, 0.15) is 5.01 Å². The molecule has 1 saturated carbocycles. The Morgan fingerprint density at radius 1 is 1.08 bits per heavy atom. The average Bonchev–Trinajstić information content (AvgIpc) is 2.99. The summed E-state index contributed by atoms with van der Waals surface area (Å²) in [5.74, 6) is -0.311. The van der Waals surface area contributed by atoms with Crippen molar-refractivity contribution in [2.45, 2.75) is 32.1 Å². The van der Waals surface area contributed by atoms with E-state index >= 15 is 0 Å². The summed E-state index contributed by atoms with van der Waals surface area (Å²) in [6, 6.07) is 4.46. The van der Waals surface area contributed by atoms with Crippen LogP contribution in [0.4, 0.5) is 5.13 Å². The maximum atomic E-state index is 12.2. The van der Waals surface area contributed by atoms with E-state index in [1.807, 2.05) is 0 Å². The lowest BCUT2D eigenvalue weighted by Gasteiger charge is -2.19. The van der Waals surface area contributed by atoms with Gasteiger partial charge in [0.15, 0.2) is 11.5 Å². The maximum Gasteiger partial charge on any atom is 0.229 e. The number of carbonyl (C=O) groups excluding carboxylic acids is 1. The molecule has 0 bridgehead atoms. The number of hydrogen-bond donors (Lipinski definition) is 3. The highest BCUT2D eigenvalue weighted by Gasteiger charge is 2.22. The highest BCUT2D eigenvalue weighted by Crippen LogP contribution is 2.33. The number of anilines is 1. The van der Waals surface area contributed by atoms with Gasteiger partial charge in [-0.05, 0) is 31.0 Å². The van der Waals surface area contributed by atoms with Crippen molar-refractivity contribution in [3.63, 3.8) is 0 Å². The van der Waals surface area contributed by atoms with E-state index in [0.29, 0.717) is 15.7 Å². The van der Waals surface area contributed by atoms with Crippen molar-refractivity contribution in [3.05, 3.63) is 18.2 Å². The van der Waals surface area contributed by atoms with Crippen LogP contribution in [-0.2, 0) is 4.79 Å². The van der Waals surface area contributed by atoms with E-state index in [1.54, 1.807) is 6.07 Å². The minimum Gasteiger partial charge on any atom is -0.504 e. The molecule has 0 aliphatic heterocycles. The van der Waals surface area contributed by atoms with E-state index < -0.39 is 0 Å². The minimum atomic E-state index is -0.208. The number of carbonyl (C=O) groups is 1. The van der Waals surface area contributed by atoms with Crippen LogP contribution in [0.25, 0.3) is 10.6 Å². The van der Waals surface area contributed by atoms with Crippen LogP contribution in [0.5, 0.6) is 11.5 Å². The van der Waals surface area contributed by atoms with Crippen LogP contribution in [0.2, 0.25) is 0 Å². The van der Waals surface area contributed by atoms with Crippen molar-refractivity contribution in [3.8, 4) is 22.1 Å². The molecule has 1 aromatic heterocycles. The van der Waals surface area contributed by atoms with Gasteiger partial charge >= 0.3 is 0 Å². The van der Waals surface area contributed by atoms with E-state index in [9.17, 15) is 15.0 Å². The number of hydrogen-bond acceptors (Lipinski definition) is 6. The van der Waals surface area contributed by atoms with Crippen LogP contribution >= 0.6 is 11.3 Å². The molecule has 1 aromatic carbocycles. The number of nitrogens with zero attached hydrogens (tertiary/aromatic N) is 2. The van der Waals surface area contributed by atoms with Gasteiger partial charge in [-0.15, -0.1) is 10.2 Å². The Balaban J connectivity index is 0.00000144. The van der Waals surface area contributed by atoms with Gasteiger partial charge in [0.2, 0.25) is 11.0 Å². The highest BCUT2D eigenvalue weighted by molar-refractivity contribution is 7.18. The van der Waals surface area contributed by atoms with Gasteiger partial charge in [-0.3, -0.25) is 4.79 Å². The molecular weight excluding hydrogens is 334 g/mol. The molecule has 2 aromatic rings. The molecule has 0 unspecified atom stereocenters. The molecule has 8 nitrogen and oxygen atoms in total. The van der Waals surface area contributed by atoms with Gasteiger partial charge in [0.25, 0.3) is 0 Å². The lowest BCUT2D eigenvalue weighted by Crippen LogP contribution is -2.24. The van der Waals surface area contributed by atoms with Gasteiger partial charge in [-0.25, -0.2) is 0 Å². The molecule has 7 N–H and O–H groups in total. The fraction of sp³-hybridized carbons (Fsp3) is 0.400. The van der Waals surface area contributed by atoms with Crippen molar-refractivity contribution in [2.24, 2.45) is 5.92 Å². The van der Waals surface area contributed by atoms with Crippen LogP contribution in [0, 0.1) is 5.92 Å². The molecule has 0 atom stereocenters. The third-order valence-electron chi connectivity index (χ3n) is 3.85. The third kappa shape index (κ3) is 4.40. The van der Waals surface area contributed by atoms with Crippen molar-refractivity contribution < 1.29 is 26.0 Å². The summed E-state index contributed by atoms with van der Waals surface area (Å²) in [7, 11) is 0. The molecule has 132 valence electrons. The van der Waals surface area contributed by atoms with E-state index in [1.165, 1.54) is 29.9 Å². The Bertz CT molecular complexity index is 685. The minimum absolute atomic E-state index is 0. The molecule has 3 rings (SSSR count). The van der Waals surface area contributed by atoms with E-state index in [0.717, 1.165) is 25.7 Å². The fourth-order valence-electron chi connectivity index (χ4n) is 2.62. The summed E-state index contributed by atoms with van der Waals surface area (Å²) in [5.41, 5.74) is 0.644. The van der Waals surface area contributed by atoms with Crippen LogP contribution < -0.4 is 5.32 Å². The largest absolute Gasteiger partial charge is 0.504 e. The number of amides is 1. The van der Waals surface area contributed by atoms with Crippen molar-refractivity contribution in [1.82, 2.24) is 10.2 Å². The predicted octanol–water partition coefficient (Wildman–Crippen LogP) is 1.49. The quantitative estimate of drug-likeness (QED) is 0.710. The van der Waals surface area contributed by atoms with Gasteiger partial charge in [0, 0.05) is 11.5 Å². The van der Waals surface area contributed by atoms with E-state index in [2.05, 4.69) is 15.5 Å². The zero-order valence-electron chi connectivity index (χ0n) is 13.0. The first-order chi connectivity index (χ1) is 10.6. The summed E-state index contributed by atoms with van der Waals surface area (Å²) in [4.78, 5) is 12.2. The number of benzene rings is 1. The summed E-state index contributed by atoms with van der Waals surface area (Å²) >= 11 is 1.25. The highest BCUT2D eigenvalue weighted by atomic mass is 32.1. The van der Waals surface area contributed by atoms with Crippen LogP contribution in [0.1, 0.15) is 32.1 Å². The predicted molar refractivity (Wildman–Crippen MR) is 91.1 cm³/mol. The van der Waals surface area contributed by atoms with Crippen molar-refractivity contribution in [2.75, 3.05) is 5.32 Å². The second-order valence-corrected chi connectivity index (χ2v) is 6.42. The first kappa shape index (κ1) is 19.8. The smallest absolute Gasteiger partial charge is 0.229 e. The molecular formula is C15H21N3O5S. The Labute approximate surface area is 142 Å². The number of phenols is 2. The van der Waals surface area contributed by atoms with Gasteiger partial charge in [-0.1, -0.05) is 30.6 Å². The number of aromatic hydroxyl groups is 2. The van der Waals surface area contributed by atoms with Gasteiger partial charge in [0.05, 0.1) is 0 Å². The van der Waals surface area contributed by atoms with Crippen molar-refractivity contribution >= 4 is 22.4 Å². The number of phenolic OH excluding ortho intramolecular Hbond substituents is 2. The average molecular weight is 355 g/mol. The lowest BCUT2D eigenvalue weighted by atomic mass is 9.89. The standard InChI is InChI=1S/C15H17N3O3S.2H2O/c19-11-7-6-10(8-12(11)20)14-17-18-15(22-14)16-13(21)9-4-2-1-3-5-9;;/h6-9,19-20H,1-5H2,(H,16,18,21);2*1H2. The normalized spacial score (nSPS) is 14.3. The monoisotopic (exact) mass is 355 g/mol. The molecule has 1 aliphatic rings. The summed E-state index contributed by atoms with van der Waals surface area (Å²) in [5, 5.41) is 30.7. The number of aromatic nitrogens is 2. The van der Waals surface area contributed by atoms with E-state index in [-0.39, 0.29) is 34.3 Å². The zero-order chi connectivity index (χ0) is 15.5. The number of rotatable bonds is 3. The molecule has 0 radical (unpaired) electrons. The summed E-state index contributed by atoms with van der Waals surface area (Å²) in [6.07, 6.45) is 5.28. The Kier molecular flexibility index (Phi) is 7.08. The fourth-order valence-corrected chi connectivity index (χ4v) is 3.36. The first-order valence-corrected chi connectivity index (χ1v) is 8.12. The molecule has 1 aliphatic carbocycles. The number of nitrogens with one attached hydrogen (secondary N) is 1. The summed E-state index contributed by atoms with van der Waals surface area (Å²) in [6.45, 7) is 0. The van der Waals surface area contributed by atoms with Crippen LogP contribution in [0.3, 0.4) is 0 Å². The van der Waals surface area contributed by atoms with E-state index in [4.69, 9.17) is 0 Å². The Morgan fingerprint density at radius 3 is 2.46 bits per heavy atom. The second kappa shape index (κ2) is 8.57. The van der Waals surface area contributed by atoms with Gasteiger partial charge in [-0.2, -0.15) is 0 Å². The molecule has 1 fully saturated rings. The topological polar surface area (TPSA) is 158 Å². The Hall–Kier alpha value is -2.23. The molecule has 0 saturated heterocycles. The van der Waals surface area contributed by atoms with Gasteiger partial charge < -0.3 is 26.5 Å². The third-order valence-corrected chi connectivity index (χ3v) is 4.74. The Morgan fingerprint density at radius 2 is 1.79 bits per heavy atom. The second-order valence-electron chi connectivity index (χ2n) is 5.44. The van der Waals surface area contributed by atoms with Crippen molar-refractivity contribution in [1.29, 1.82) is 0 Å². The lowest BCUT2D eigenvalue weighted by molar-refractivity contribution is -0.120. The molecule has 1 heterocycles. The molecule has 0 spiro atoms. The van der Waals surface area contributed by atoms with Crippen LogP contribution in [0.15, 0.2) is 18.2 Å². The summed E-state index contributed by atoms with van der Waals surface area (Å²) < 4.78 is 0.